The van der Waals surface area contributed by atoms with Crippen molar-refractivity contribution < 1.29 is 27.3 Å². The number of carbonyl (C=O) groups excluding carboxylic acids is 1. The van der Waals surface area contributed by atoms with E-state index in [0.29, 0.717) is 0 Å². The van der Waals surface area contributed by atoms with E-state index in [9.17, 15) is 32.5 Å². The Morgan fingerprint density at radius 2 is 2.00 bits per heavy atom. The Morgan fingerprint density at radius 1 is 1.39 bits per heavy atom. The number of carbonyl (C=O) groups is 1. The van der Waals surface area contributed by atoms with Crippen LogP contribution in [-0.4, -0.2) is 23.6 Å². The smallest absolute Gasteiger partial charge is 0.343 e. The number of nitrogens with one attached hydrogen (secondary N) is 1. The third kappa shape index (κ3) is 3.40. The number of halogens is 4. The first-order chi connectivity index (χ1) is 8.22. The van der Waals surface area contributed by atoms with E-state index >= 15 is 0 Å². The molecular formula is C9H6F4N2O3. The molecule has 1 aromatic rings. The highest BCUT2D eigenvalue weighted by Gasteiger charge is 2.29. The minimum atomic E-state index is -4.65. The Morgan fingerprint density at radius 3 is 2.50 bits per heavy atom. The van der Waals surface area contributed by atoms with E-state index in [1.807, 2.05) is 0 Å². The number of nitrogens with zero attached hydrogens (tertiary/aromatic N) is 1. The van der Waals surface area contributed by atoms with Crippen LogP contribution in [0, 0.1) is 15.9 Å². The summed E-state index contributed by atoms with van der Waals surface area (Å²) in [6.45, 7) is -1.64. The molecule has 0 spiro atoms. The number of alkyl halides is 3. The topological polar surface area (TPSA) is 72.2 Å². The summed E-state index contributed by atoms with van der Waals surface area (Å²) in [5, 5.41) is 11.8. The molecule has 0 aliphatic heterocycles. The van der Waals surface area contributed by atoms with Gasteiger partial charge in [-0.15, -0.1) is 0 Å². The summed E-state index contributed by atoms with van der Waals surface area (Å²) < 4.78 is 48.9. The molecule has 0 fully saturated rings. The first-order valence-corrected chi connectivity index (χ1v) is 4.50. The maximum atomic E-state index is 13.4. The van der Waals surface area contributed by atoms with E-state index in [-0.39, 0.29) is 0 Å². The van der Waals surface area contributed by atoms with Gasteiger partial charge in [0.25, 0.3) is 5.91 Å². The molecule has 0 aromatic heterocycles. The molecule has 0 saturated heterocycles. The van der Waals surface area contributed by atoms with Crippen molar-refractivity contribution in [2.75, 3.05) is 6.54 Å². The highest BCUT2D eigenvalue weighted by atomic mass is 19.4. The van der Waals surface area contributed by atoms with Gasteiger partial charge in [0.2, 0.25) is 5.82 Å². The molecular weight excluding hydrogens is 260 g/mol. The monoisotopic (exact) mass is 266 g/mol. The van der Waals surface area contributed by atoms with Gasteiger partial charge in [0.05, 0.1) is 10.5 Å². The van der Waals surface area contributed by atoms with Crippen molar-refractivity contribution in [3.8, 4) is 0 Å². The molecule has 0 saturated carbocycles. The molecule has 18 heavy (non-hydrogen) atoms. The minimum Gasteiger partial charge on any atom is -0.343 e. The van der Waals surface area contributed by atoms with Crippen molar-refractivity contribution in [1.29, 1.82) is 0 Å². The number of hydrogen-bond acceptors (Lipinski definition) is 3. The molecule has 0 bridgehead atoms. The quantitative estimate of drug-likeness (QED) is 0.517. The Balaban J connectivity index is 2.93. The fourth-order valence-electron chi connectivity index (χ4n) is 1.11. The SMILES string of the molecule is O=C(NCC(F)(F)F)c1cccc([N+](=O)[O-])c1F. The summed E-state index contributed by atoms with van der Waals surface area (Å²) in [5.74, 6) is -2.84. The molecule has 0 atom stereocenters. The minimum absolute atomic E-state index is 0.801. The summed E-state index contributed by atoms with van der Waals surface area (Å²) in [6.07, 6.45) is -4.65. The van der Waals surface area contributed by atoms with Gasteiger partial charge in [0.1, 0.15) is 6.54 Å². The number of nitro groups is 1. The van der Waals surface area contributed by atoms with Crippen LogP contribution in [0.2, 0.25) is 0 Å². The summed E-state index contributed by atoms with van der Waals surface area (Å²) >= 11 is 0. The highest BCUT2D eigenvalue weighted by Crippen LogP contribution is 2.20. The van der Waals surface area contributed by atoms with Crippen molar-refractivity contribution in [2.24, 2.45) is 0 Å². The predicted molar refractivity (Wildman–Crippen MR) is 51.4 cm³/mol. The number of benzene rings is 1. The third-order valence-electron chi connectivity index (χ3n) is 1.87. The van der Waals surface area contributed by atoms with Crippen LogP contribution in [0.3, 0.4) is 0 Å². The summed E-state index contributed by atoms with van der Waals surface area (Å²) in [6, 6.07) is 2.66. The molecule has 0 radical (unpaired) electrons. The first-order valence-electron chi connectivity index (χ1n) is 4.50. The van der Waals surface area contributed by atoms with E-state index < -0.39 is 40.6 Å². The van der Waals surface area contributed by atoms with Crippen LogP contribution in [-0.2, 0) is 0 Å². The summed E-state index contributed by atoms with van der Waals surface area (Å²) in [5.41, 5.74) is -1.79. The van der Waals surface area contributed by atoms with Gasteiger partial charge >= 0.3 is 11.9 Å². The number of rotatable bonds is 3. The second-order valence-corrected chi connectivity index (χ2v) is 3.19. The van der Waals surface area contributed by atoms with Crippen LogP contribution in [0.15, 0.2) is 18.2 Å². The Hall–Kier alpha value is -2.19. The maximum Gasteiger partial charge on any atom is 0.405 e. The summed E-state index contributed by atoms with van der Waals surface area (Å²) in [4.78, 5) is 20.5. The lowest BCUT2D eigenvalue weighted by Crippen LogP contribution is -2.34. The van der Waals surface area contributed by atoms with Crippen LogP contribution < -0.4 is 5.32 Å². The second-order valence-electron chi connectivity index (χ2n) is 3.19. The van der Waals surface area contributed by atoms with E-state index in [1.54, 1.807) is 0 Å². The summed E-state index contributed by atoms with van der Waals surface area (Å²) in [7, 11) is 0. The molecule has 1 amide bonds. The van der Waals surface area contributed by atoms with E-state index in [4.69, 9.17) is 0 Å². The molecule has 1 N–H and O–H groups in total. The lowest BCUT2D eigenvalue weighted by molar-refractivity contribution is -0.387. The average molecular weight is 266 g/mol. The van der Waals surface area contributed by atoms with Gasteiger partial charge in [0.15, 0.2) is 0 Å². The standard InChI is InChI=1S/C9H6F4N2O3/c10-7-5(2-1-3-6(7)15(17)18)8(16)14-4-9(11,12)13/h1-3H,4H2,(H,14,16). The Bertz CT molecular complexity index is 487. The molecule has 0 heterocycles. The molecule has 0 aliphatic carbocycles. The van der Waals surface area contributed by atoms with Crippen molar-refractivity contribution in [3.05, 3.63) is 39.7 Å². The van der Waals surface area contributed by atoms with Crippen molar-refractivity contribution in [1.82, 2.24) is 5.32 Å². The van der Waals surface area contributed by atoms with Gasteiger partial charge in [-0.3, -0.25) is 14.9 Å². The van der Waals surface area contributed by atoms with E-state index in [1.165, 1.54) is 5.32 Å². The molecule has 1 aromatic carbocycles. The lowest BCUT2D eigenvalue weighted by Gasteiger charge is -2.08. The molecule has 5 nitrogen and oxygen atoms in total. The number of hydrogen-bond donors (Lipinski definition) is 1. The second kappa shape index (κ2) is 4.98. The molecule has 98 valence electrons. The van der Waals surface area contributed by atoms with Crippen LogP contribution in [0.4, 0.5) is 23.2 Å². The zero-order chi connectivity index (χ0) is 13.9. The van der Waals surface area contributed by atoms with E-state index in [0.717, 1.165) is 18.2 Å². The maximum absolute atomic E-state index is 13.4. The molecule has 0 aliphatic rings. The van der Waals surface area contributed by atoms with Crippen molar-refractivity contribution in [3.63, 3.8) is 0 Å². The van der Waals surface area contributed by atoms with Crippen LogP contribution in [0.1, 0.15) is 10.4 Å². The number of nitro benzene ring substituents is 1. The zero-order valence-electron chi connectivity index (χ0n) is 8.62. The lowest BCUT2D eigenvalue weighted by atomic mass is 10.1. The fraction of sp³-hybridized carbons (Fsp3) is 0.222. The van der Waals surface area contributed by atoms with Gasteiger partial charge in [0, 0.05) is 6.07 Å². The average Bonchev–Trinajstić information content (AvgIpc) is 2.24. The van der Waals surface area contributed by atoms with E-state index in [2.05, 4.69) is 0 Å². The molecule has 1 rings (SSSR count). The predicted octanol–water partition coefficient (Wildman–Crippen LogP) is 2.03. The molecule has 0 unspecified atom stereocenters. The van der Waals surface area contributed by atoms with Crippen LogP contribution in [0.5, 0.6) is 0 Å². The third-order valence-corrected chi connectivity index (χ3v) is 1.87. The normalized spacial score (nSPS) is 11.1. The van der Waals surface area contributed by atoms with Gasteiger partial charge in [-0.1, -0.05) is 6.07 Å². The Labute approximate surface area is 97.6 Å². The van der Waals surface area contributed by atoms with Crippen molar-refractivity contribution >= 4 is 11.6 Å². The van der Waals surface area contributed by atoms with Crippen LogP contribution in [0.25, 0.3) is 0 Å². The fourth-order valence-corrected chi connectivity index (χ4v) is 1.11. The zero-order valence-corrected chi connectivity index (χ0v) is 8.62. The largest absolute Gasteiger partial charge is 0.405 e. The highest BCUT2D eigenvalue weighted by molar-refractivity contribution is 5.95. The molecule has 9 heteroatoms. The van der Waals surface area contributed by atoms with Gasteiger partial charge in [-0.05, 0) is 6.07 Å². The first kappa shape index (κ1) is 13.9. The Kier molecular flexibility index (Phi) is 3.84. The number of amides is 1. The van der Waals surface area contributed by atoms with Gasteiger partial charge in [-0.2, -0.15) is 17.6 Å². The van der Waals surface area contributed by atoms with Crippen LogP contribution >= 0.6 is 0 Å². The van der Waals surface area contributed by atoms with Crippen molar-refractivity contribution in [2.45, 2.75) is 6.18 Å². The van der Waals surface area contributed by atoms with Gasteiger partial charge in [-0.25, -0.2) is 0 Å². The van der Waals surface area contributed by atoms with Gasteiger partial charge < -0.3 is 5.32 Å².